The average molecular weight is 445 g/mol. The van der Waals surface area contributed by atoms with Crippen LogP contribution in [0, 0.1) is 5.92 Å². The van der Waals surface area contributed by atoms with Gasteiger partial charge < -0.3 is 10.6 Å². The van der Waals surface area contributed by atoms with Crippen LogP contribution in [0.15, 0.2) is 42.6 Å². The minimum Gasteiger partial charge on any atom is -0.355 e. The predicted molar refractivity (Wildman–Crippen MR) is 96.4 cm³/mol. The maximum atomic E-state index is 13.5. The molecule has 1 unspecified atom stereocenters. The highest BCUT2D eigenvalue weighted by Gasteiger charge is 2.38. The van der Waals surface area contributed by atoms with Gasteiger partial charge in [-0.25, -0.2) is 0 Å². The van der Waals surface area contributed by atoms with E-state index < -0.39 is 47.0 Å². The first kappa shape index (κ1) is 22.6. The molecule has 1 aliphatic heterocycles. The average Bonchev–Trinajstić information content (AvgIpc) is 2.71. The third-order valence-electron chi connectivity index (χ3n) is 4.91. The minimum absolute atomic E-state index is 0.00500. The van der Waals surface area contributed by atoms with Gasteiger partial charge in [-0.05, 0) is 36.2 Å². The Labute approximate surface area is 172 Å². The minimum atomic E-state index is -4.79. The van der Waals surface area contributed by atoms with E-state index in [9.17, 15) is 35.9 Å². The number of aromatic nitrogens is 1. The Balaban J connectivity index is 1.99. The van der Waals surface area contributed by atoms with Crippen molar-refractivity contribution in [2.45, 2.75) is 31.2 Å². The molecule has 0 saturated carbocycles. The zero-order valence-corrected chi connectivity index (χ0v) is 15.8. The molecule has 11 heteroatoms. The zero-order valence-electron chi connectivity index (χ0n) is 15.8. The van der Waals surface area contributed by atoms with Crippen LogP contribution < -0.4 is 10.6 Å². The van der Waals surface area contributed by atoms with Gasteiger partial charge in [-0.2, -0.15) is 26.3 Å². The second kappa shape index (κ2) is 8.56. The van der Waals surface area contributed by atoms with Crippen molar-refractivity contribution in [3.8, 4) is 0 Å². The Hall–Kier alpha value is -3.11. The van der Waals surface area contributed by atoms with E-state index in [2.05, 4.69) is 15.6 Å². The molecule has 2 aromatic rings. The molecule has 1 saturated heterocycles. The van der Waals surface area contributed by atoms with Crippen LogP contribution >= 0.6 is 0 Å². The number of halogens is 6. The Morgan fingerprint density at radius 2 is 1.74 bits per heavy atom. The molecule has 2 atom stereocenters. The summed E-state index contributed by atoms with van der Waals surface area (Å²) >= 11 is 0. The summed E-state index contributed by atoms with van der Waals surface area (Å²) in [6.45, 7) is 0.0126. The summed E-state index contributed by atoms with van der Waals surface area (Å²) in [4.78, 5) is 27.8. The Kier molecular flexibility index (Phi) is 6.23. The smallest absolute Gasteiger partial charge is 0.355 e. The van der Waals surface area contributed by atoms with E-state index in [1.807, 2.05) is 0 Å². The van der Waals surface area contributed by atoms with E-state index in [4.69, 9.17) is 0 Å². The summed E-state index contributed by atoms with van der Waals surface area (Å²) in [5.41, 5.74) is -2.63. The molecular weight excluding hydrogens is 428 g/mol. The first-order chi connectivity index (χ1) is 14.5. The predicted octanol–water partition coefficient (Wildman–Crippen LogP) is 3.85. The molecular formula is C20H17F6N3O2. The van der Waals surface area contributed by atoms with Gasteiger partial charge in [0.05, 0.1) is 28.8 Å². The van der Waals surface area contributed by atoms with Crippen molar-refractivity contribution in [2.75, 3.05) is 6.54 Å². The van der Waals surface area contributed by atoms with Crippen molar-refractivity contribution >= 4 is 11.8 Å². The summed E-state index contributed by atoms with van der Waals surface area (Å²) < 4.78 is 79.2. The lowest BCUT2D eigenvalue weighted by Gasteiger charge is -2.27. The van der Waals surface area contributed by atoms with Gasteiger partial charge in [-0.3, -0.25) is 14.6 Å². The van der Waals surface area contributed by atoms with Crippen LogP contribution in [0.1, 0.15) is 41.3 Å². The lowest BCUT2D eigenvalue weighted by molar-refractivity contribution is -0.139. The van der Waals surface area contributed by atoms with Gasteiger partial charge in [0.2, 0.25) is 11.8 Å². The normalized spacial score (nSPS) is 18.3. The molecule has 0 aliphatic carbocycles. The summed E-state index contributed by atoms with van der Waals surface area (Å²) in [5.74, 6) is -1.57. The first-order valence-electron chi connectivity index (χ1n) is 9.23. The summed E-state index contributed by atoms with van der Waals surface area (Å²) in [6.07, 6.45) is -8.03. The molecule has 3 rings (SSSR count). The summed E-state index contributed by atoms with van der Waals surface area (Å²) in [5, 5.41) is 4.98. The molecule has 1 aromatic heterocycles. The molecule has 2 amide bonds. The molecule has 2 N–H and O–H groups in total. The zero-order chi connectivity index (χ0) is 22.8. The van der Waals surface area contributed by atoms with E-state index in [1.54, 1.807) is 0 Å². The highest BCUT2D eigenvalue weighted by Crippen LogP contribution is 2.36. The van der Waals surface area contributed by atoms with Crippen LogP contribution in [0.4, 0.5) is 26.3 Å². The van der Waals surface area contributed by atoms with Gasteiger partial charge in [0.1, 0.15) is 0 Å². The van der Waals surface area contributed by atoms with Gasteiger partial charge in [-0.1, -0.05) is 12.1 Å². The van der Waals surface area contributed by atoms with Crippen molar-refractivity contribution in [1.29, 1.82) is 0 Å². The molecule has 1 aliphatic rings. The molecule has 5 nitrogen and oxygen atoms in total. The molecule has 166 valence electrons. The highest BCUT2D eigenvalue weighted by molar-refractivity contribution is 5.84. The summed E-state index contributed by atoms with van der Waals surface area (Å²) in [7, 11) is 0. The first-order valence-corrected chi connectivity index (χ1v) is 9.23. The summed E-state index contributed by atoms with van der Waals surface area (Å²) in [6, 6.07) is 3.89. The number of pyridine rings is 1. The number of hydrogen-bond donors (Lipinski definition) is 2. The number of amides is 2. The van der Waals surface area contributed by atoms with Crippen molar-refractivity contribution in [2.24, 2.45) is 5.92 Å². The topological polar surface area (TPSA) is 71.1 Å². The van der Waals surface area contributed by atoms with Crippen LogP contribution in [-0.2, 0) is 21.9 Å². The van der Waals surface area contributed by atoms with Gasteiger partial charge in [0.15, 0.2) is 0 Å². The highest BCUT2D eigenvalue weighted by atomic mass is 19.4. The fourth-order valence-corrected chi connectivity index (χ4v) is 3.28. The van der Waals surface area contributed by atoms with Gasteiger partial charge in [0, 0.05) is 19.2 Å². The monoisotopic (exact) mass is 445 g/mol. The maximum Gasteiger partial charge on any atom is 0.418 e. The van der Waals surface area contributed by atoms with Crippen molar-refractivity contribution in [1.82, 2.24) is 15.6 Å². The SMILES string of the molecule is O=C1CCC(C(=O)N[C@@H](c2ccc(C(F)(F)F)cc2)c2ncccc2C(F)(F)F)CN1. The van der Waals surface area contributed by atoms with E-state index in [0.717, 1.165) is 42.6 Å². The number of carbonyl (C=O) groups is 2. The van der Waals surface area contributed by atoms with Crippen LogP contribution in [0.3, 0.4) is 0 Å². The van der Waals surface area contributed by atoms with Crippen LogP contribution in [0.25, 0.3) is 0 Å². The number of rotatable bonds is 4. The van der Waals surface area contributed by atoms with Crippen LogP contribution in [0.5, 0.6) is 0 Å². The Bertz CT molecular complexity index is 947. The van der Waals surface area contributed by atoms with E-state index in [-0.39, 0.29) is 30.9 Å². The van der Waals surface area contributed by atoms with Gasteiger partial charge >= 0.3 is 12.4 Å². The number of carbonyl (C=O) groups excluding carboxylic acids is 2. The number of nitrogens with zero attached hydrogens (tertiary/aromatic N) is 1. The second-order valence-corrected chi connectivity index (χ2v) is 7.04. The number of hydrogen-bond acceptors (Lipinski definition) is 3. The Morgan fingerprint density at radius 3 is 2.29 bits per heavy atom. The van der Waals surface area contributed by atoms with Crippen molar-refractivity contribution < 1.29 is 35.9 Å². The van der Waals surface area contributed by atoms with Gasteiger partial charge in [-0.15, -0.1) is 0 Å². The van der Waals surface area contributed by atoms with Crippen molar-refractivity contribution in [3.05, 3.63) is 65.0 Å². The molecule has 0 bridgehead atoms. The number of nitrogens with one attached hydrogen (secondary N) is 2. The number of alkyl halides is 6. The lowest BCUT2D eigenvalue weighted by Crippen LogP contribution is -2.44. The van der Waals surface area contributed by atoms with E-state index in [0.29, 0.717) is 0 Å². The molecule has 0 radical (unpaired) electrons. The molecule has 0 spiro atoms. The largest absolute Gasteiger partial charge is 0.418 e. The number of benzene rings is 1. The fourth-order valence-electron chi connectivity index (χ4n) is 3.28. The standard InChI is InChI=1S/C20H17F6N3O2/c21-19(22,23)13-6-3-11(4-7-13)16(17-14(20(24,25)26)2-1-9-27-17)29-18(31)12-5-8-15(30)28-10-12/h1-4,6-7,9,12,16H,5,8,10H2,(H,28,30)(H,29,31)/t12?,16-/m0/s1. The quantitative estimate of drug-likeness (QED) is 0.703. The van der Waals surface area contributed by atoms with Crippen LogP contribution in [0.2, 0.25) is 0 Å². The van der Waals surface area contributed by atoms with Crippen molar-refractivity contribution in [3.63, 3.8) is 0 Å². The number of piperidine rings is 1. The molecule has 1 aromatic carbocycles. The van der Waals surface area contributed by atoms with Crippen LogP contribution in [-0.4, -0.2) is 23.3 Å². The lowest BCUT2D eigenvalue weighted by atomic mass is 9.94. The second-order valence-electron chi connectivity index (χ2n) is 7.04. The molecule has 2 heterocycles. The van der Waals surface area contributed by atoms with Gasteiger partial charge in [0.25, 0.3) is 0 Å². The van der Waals surface area contributed by atoms with E-state index >= 15 is 0 Å². The third kappa shape index (κ3) is 5.33. The third-order valence-corrected chi connectivity index (χ3v) is 4.91. The maximum absolute atomic E-state index is 13.5. The Morgan fingerprint density at radius 1 is 1.06 bits per heavy atom. The fraction of sp³-hybridized carbons (Fsp3) is 0.350. The molecule has 31 heavy (non-hydrogen) atoms. The molecule has 1 fully saturated rings. The van der Waals surface area contributed by atoms with E-state index in [1.165, 1.54) is 0 Å².